The predicted octanol–water partition coefficient (Wildman–Crippen LogP) is 4.97. The number of ether oxygens (including phenoxy) is 2. The van der Waals surface area contributed by atoms with Gasteiger partial charge in [0.1, 0.15) is 6.04 Å². The largest absolute Gasteiger partial charge is 0.463 e. The van der Waals surface area contributed by atoms with Crippen LogP contribution >= 0.6 is 0 Å². The second kappa shape index (κ2) is 18.8. The zero-order valence-corrected chi connectivity index (χ0v) is 20.9. The second-order valence-corrected chi connectivity index (χ2v) is 9.38. The third-order valence-electron chi connectivity index (χ3n) is 6.22. The molecule has 1 aliphatic heterocycles. The van der Waals surface area contributed by atoms with Crippen LogP contribution in [-0.2, 0) is 23.9 Å². The number of rotatable bonds is 20. The van der Waals surface area contributed by atoms with Gasteiger partial charge in [0, 0.05) is 6.42 Å². The van der Waals surface area contributed by atoms with E-state index in [2.05, 4.69) is 12.2 Å². The molecule has 0 aromatic rings. The van der Waals surface area contributed by atoms with E-state index in [9.17, 15) is 19.5 Å². The van der Waals surface area contributed by atoms with Crippen LogP contribution in [0.25, 0.3) is 0 Å². The molecular formula is C26H47NO6. The quantitative estimate of drug-likeness (QED) is 0.193. The Morgan fingerprint density at radius 2 is 1.48 bits per heavy atom. The standard InChI is InChI=1S/C26H47NO6/c1-3-4-5-13-16-22(28)17-14-11-9-7-6-8-10-12-15-20-32-25(30)21(2)33-26(31)23-18-19-24(29)27-23/h21-23,28H,3-20H2,1-2H3,(H,27,29)/t21?,22?,23-/m0/s1. The molecule has 7 nitrogen and oxygen atoms in total. The molecule has 1 amide bonds. The van der Waals surface area contributed by atoms with Gasteiger partial charge in [0.2, 0.25) is 5.91 Å². The molecule has 1 saturated heterocycles. The van der Waals surface area contributed by atoms with E-state index in [0.29, 0.717) is 19.4 Å². The van der Waals surface area contributed by atoms with Gasteiger partial charge in [-0.3, -0.25) is 4.79 Å². The van der Waals surface area contributed by atoms with Crippen molar-refractivity contribution in [2.45, 2.75) is 141 Å². The van der Waals surface area contributed by atoms with Crippen molar-refractivity contribution in [3.8, 4) is 0 Å². The van der Waals surface area contributed by atoms with Crippen LogP contribution in [0.4, 0.5) is 0 Å². The molecule has 1 rings (SSSR count). The molecule has 0 saturated carbocycles. The van der Waals surface area contributed by atoms with Gasteiger partial charge < -0.3 is 19.9 Å². The molecule has 2 unspecified atom stereocenters. The Bertz CT molecular complexity index is 553. The van der Waals surface area contributed by atoms with Gasteiger partial charge in [-0.15, -0.1) is 0 Å². The lowest BCUT2D eigenvalue weighted by Crippen LogP contribution is -2.38. The van der Waals surface area contributed by atoms with E-state index < -0.39 is 24.1 Å². The summed E-state index contributed by atoms with van der Waals surface area (Å²) in [6.45, 7) is 4.03. The van der Waals surface area contributed by atoms with Gasteiger partial charge >= 0.3 is 11.9 Å². The summed E-state index contributed by atoms with van der Waals surface area (Å²) in [6, 6.07) is -0.653. The number of amides is 1. The molecule has 0 aromatic heterocycles. The number of hydrogen-bond donors (Lipinski definition) is 2. The van der Waals surface area contributed by atoms with Crippen molar-refractivity contribution in [3.63, 3.8) is 0 Å². The van der Waals surface area contributed by atoms with Gasteiger partial charge in [0.05, 0.1) is 12.7 Å². The molecule has 1 aliphatic rings. The number of carbonyl (C=O) groups is 3. The highest BCUT2D eigenvalue weighted by atomic mass is 16.6. The van der Waals surface area contributed by atoms with Crippen molar-refractivity contribution in [2.24, 2.45) is 0 Å². The summed E-state index contributed by atoms with van der Waals surface area (Å²) in [4.78, 5) is 35.0. The molecule has 0 aromatic carbocycles. The molecule has 0 radical (unpaired) electrons. The van der Waals surface area contributed by atoms with Gasteiger partial charge in [0.25, 0.3) is 0 Å². The Labute approximate surface area is 200 Å². The molecule has 3 atom stereocenters. The minimum absolute atomic E-state index is 0.110. The summed E-state index contributed by atoms with van der Waals surface area (Å²) < 4.78 is 10.3. The van der Waals surface area contributed by atoms with Crippen molar-refractivity contribution in [3.05, 3.63) is 0 Å². The van der Waals surface area contributed by atoms with Crippen LogP contribution in [0.1, 0.15) is 123 Å². The monoisotopic (exact) mass is 469 g/mol. The van der Waals surface area contributed by atoms with Crippen LogP contribution in [0, 0.1) is 0 Å². The molecular weight excluding hydrogens is 422 g/mol. The molecule has 0 spiro atoms. The van der Waals surface area contributed by atoms with E-state index in [0.717, 1.165) is 44.9 Å². The lowest BCUT2D eigenvalue weighted by Gasteiger charge is -2.15. The first-order valence-electron chi connectivity index (χ1n) is 13.3. The average molecular weight is 470 g/mol. The predicted molar refractivity (Wildman–Crippen MR) is 129 cm³/mol. The Morgan fingerprint density at radius 1 is 0.939 bits per heavy atom. The maximum atomic E-state index is 11.9. The summed E-state index contributed by atoms with van der Waals surface area (Å²) in [5, 5.41) is 12.5. The first-order chi connectivity index (χ1) is 15.9. The van der Waals surface area contributed by atoms with E-state index in [-0.39, 0.29) is 12.0 Å². The number of carbonyl (C=O) groups excluding carboxylic acids is 3. The normalized spacial score (nSPS) is 17.4. The van der Waals surface area contributed by atoms with Gasteiger partial charge in [-0.1, -0.05) is 84.0 Å². The zero-order valence-electron chi connectivity index (χ0n) is 20.9. The Kier molecular flexibility index (Phi) is 16.7. The van der Waals surface area contributed by atoms with Gasteiger partial charge in [0.15, 0.2) is 6.10 Å². The van der Waals surface area contributed by atoms with E-state index in [1.807, 2.05) is 0 Å². The minimum atomic E-state index is -0.961. The first-order valence-corrected chi connectivity index (χ1v) is 13.3. The maximum Gasteiger partial charge on any atom is 0.347 e. The molecule has 0 aliphatic carbocycles. The topological polar surface area (TPSA) is 102 Å². The van der Waals surface area contributed by atoms with Crippen LogP contribution in [0.2, 0.25) is 0 Å². The Balaban J connectivity index is 1.87. The fraction of sp³-hybridized carbons (Fsp3) is 0.885. The highest BCUT2D eigenvalue weighted by Crippen LogP contribution is 2.14. The highest BCUT2D eigenvalue weighted by Gasteiger charge is 2.31. The minimum Gasteiger partial charge on any atom is -0.463 e. The van der Waals surface area contributed by atoms with Crippen LogP contribution in [0.15, 0.2) is 0 Å². The maximum absolute atomic E-state index is 11.9. The average Bonchev–Trinajstić information content (AvgIpc) is 3.23. The van der Waals surface area contributed by atoms with Crippen LogP contribution in [0.5, 0.6) is 0 Å². The summed E-state index contributed by atoms with van der Waals surface area (Å²) >= 11 is 0. The van der Waals surface area contributed by atoms with Gasteiger partial charge in [-0.05, 0) is 32.6 Å². The SMILES string of the molecule is CCCCCCC(O)CCCCCCCCCCCOC(=O)C(C)OC(=O)[C@@H]1CCC(=O)N1. The molecule has 2 N–H and O–H groups in total. The number of nitrogens with one attached hydrogen (secondary N) is 1. The highest BCUT2D eigenvalue weighted by molar-refractivity contribution is 5.89. The second-order valence-electron chi connectivity index (χ2n) is 9.38. The summed E-state index contributed by atoms with van der Waals surface area (Å²) in [5.74, 6) is -1.29. The molecule has 1 heterocycles. The molecule has 7 heteroatoms. The lowest BCUT2D eigenvalue weighted by molar-refractivity contribution is -0.167. The van der Waals surface area contributed by atoms with Crippen molar-refractivity contribution in [1.82, 2.24) is 5.32 Å². The van der Waals surface area contributed by atoms with Crippen molar-refractivity contribution < 1.29 is 29.0 Å². The Hall–Kier alpha value is -1.63. The molecule has 33 heavy (non-hydrogen) atoms. The van der Waals surface area contributed by atoms with Crippen molar-refractivity contribution >= 4 is 17.8 Å². The van der Waals surface area contributed by atoms with E-state index in [4.69, 9.17) is 9.47 Å². The van der Waals surface area contributed by atoms with Gasteiger partial charge in [-0.25, -0.2) is 9.59 Å². The molecule has 1 fully saturated rings. The zero-order chi connectivity index (χ0) is 24.3. The number of unbranched alkanes of at least 4 members (excludes halogenated alkanes) is 11. The van der Waals surface area contributed by atoms with E-state index in [1.54, 1.807) is 0 Å². The van der Waals surface area contributed by atoms with Gasteiger partial charge in [-0.2, -0.15) is 0 Å². The van der Waals surface area contributed by atoms with E-state index in [1.165, 1.54) is 58.3 Å². The van der Waals surface area contributed by atoms with Crippen LogP contribution < -0.4 is 5.32 Å². The van der Waals surface area contributed by atoms with E-state index >= 15 is 0 Å². The fourth-order valence-corrected chi connectivity index (χ4v) is 4.06. The van der Waals surface area contributed by atoms with Crippen molar-refractivity contribution in [2.75, 3.05) is 6.61 Å². The first kappa shape index (κ1) is 29.4. The lowest BCUT2D eigenvalue weighted by atomic mass is 10.0. The smallest absolute Gasteiger partial charge is 0.347 e. The fourth-order valence-electron chi connectivity index (χ4n) is 4.06. The van der Waals surface area contributed by atoms with Crippen LogP contribution in [0.3, 0.4) is 0 Å². The third-order valence-corrected chi connectivity index (χ3v) is 6.22. The summed E-state index contributed by atoms with van der Waals surface area (Å²) in [5.41, 5.74) is 0. The Morgan fingerprint density at radius 3 is 2.03 bits per heavy atom. The number of esters is 2. The molecule has 0 bridgehead atoms. The molecule has 192 valence electrons. The number of aliphatic hydroxyl groups is 1. The number of aliphatic hydroxyl groups excluding tert-OH is 1. The summed E-state index contributed by atoms with van der Waals surface area (Å²) in [6.07, 6.45) is 16.6. The summed E-state index contributed by atoms with van der Waals surface area (Å²) in [7, 11) is 0. The third kappa shape index (κ3) is 15.0. The number of hydrogen-bond acceptors (Lipinski definition) is 6. The van der Waals surface area contributed by atoms with Crippen molar-refractivity contribution in [1.29, 1.82) is 0 Å². The van der Waals surface area contributed by atoms with Crippen LogP contribution in [-0.4, -0.2) is 47.8 Å².